The molecule has 0 fully saturated rings. The van der Waals surface area contributed by atoms with Gasteiger partial charge >= 0.3 is 0 Å². The molecule has 0 amide bonds. The van der Waals surface area contributed by atoms with E-state index in [0.717, 1.165) is 5.69 Å². The summed E-state index contributed by atoms with van der Waals surface area (Å²) in [6.07, 6.45) is 3.79. The van der Waals surface area contributed by atoms with Crippen molar-refractivity contribution in [1.29, 1.82) is 0 Å². The molecule has 0 saturated heterocycles. The van der Waals surface area contributed by atoms with Crippen molar-refractivity contribution in [2.75, 3.05) is 11.9 Å². The van der Waals surface area contributed by atoms with Crippen LogP contribution in [-0.2, 0) is 5.41 Å². The number of aliphatic imine (C=N–C) groups is 1. The fourth-order valence-electron chi connectivity index (χ4n) is 3.21. The average molecular weight is 358 g/mol. The first-order valence-electron chi connectivity index (χ1n) is 8.02. The van der Waals surface area contributed by atoms with E-state index in [0.29, 0.717) is 16.7 Å². The lowest BCUT2D eigenvalue weighted by molar-refractivity contribution is 0.252. The first-order chi connectivity index (χ1) is 11.9. The number of allylic oxidation sites excluding steroid dienone is 2. The van der Waals surface area contributed by atoms with Gasteiger partial charge in [-0.25, -0.2) is 0 Å². The zero-order valence-electron chi connectivity index (χ0n) is 14.4. The van der Waals surface area contributed by atoms with Gasteiger partial charge < -0.3 is 4.90 Å². The SMILES string of the molecule is CN1C(=CC=Nc2ccc(SC(F)F)cc2)C(C)(C)c2ccccc21. The number of thioether (sulfide) groups is 1. The van der Waals surface area contributed by atoms with Crippen molar-refractivity contribution in [3.05, 3.63) is 65.9 Å². The Morgan fingerprint density at radius 3 is 2.40 bits per heavy atom. The van der Waals surface area contributed by atoms with E-state index in [4.69, 9.17) is 0 Å². The summed E-state index contributed by atoms with van der Waals surface area (Å²) in [6.45, 7) is 4.40. The van der Waals surface area contributed by atoms with Crippen LogP contribution in [0.4, 0.5) is 20.2 Å². The van der Waals surface area contributed by atoms with Gasteiger partial charge in [-0.05, 0) is 42.0 Å². The van der Waals surface area contributed by atoms with Crippen LogP contribution in [0.25, 0.3) is 0 Å². The number of hydrogen-bond donors (Lipinski definition) is 0. The molecule has 3 rings (SSSR count). The van der Waals surface area contributed by atoms with E-state index in [2.05, 4.69) is 49.0 Å². The number of rotatable bonds is 4. The van der Waals surface area contributed by atoms with Gasteiger partial charge in [-0.3, -0.25) is 4.99 Å². The molecule has 2 aromatic carbocycles. The minimum absolute atomic E-state index is 0.0882. The second kappa shape index (κ2) is 7.00. The maximum atomic E-state index is 12.3. The van der Waals surface area contributed by atoms with Crippen molar-refractivity contribution < 1.29 is 8.78 Å². The van der Waals surface area contributed by atoms with Crippen LogP contribution >= 0.6 is 11.8 Å². The van der Waals surface area contributed by atoms with Crippen LogP contribution < -0.4 is 4.90 Å². The Bertz CT molecular complexity index is 811. The first kappa shape index (κ1) is 17.7. The Labute approximate surface area is 151 Å². The number of nitrogens with zero attached hydrogens (tertiary/aromatic N) is 2. The predicted molar refractivity (Wildman–Crippen MR) is 102 cm³/mol. The second-order valence-electron chi connectivity index (χ2n) is 6.40. The van der Waals surface area contributed by atoms with Gasteiger partial charge in [0.1, 0.15) is 0 Å². The summed E-state index contributed by atoms with van der Waals surface area (Å²) in [4.78, 5) is 7.15. The quantitative estimate of drug-likeness (QED) is 0.491. The molecule has 0 bridgehead atoms. The normalized spacial score (nSPS) is 17.7. The Balaban J connectivity index is 1.79. The molecule has 0 aliphatic carbocycles. The van der Waals surface area contributed by atoms with Crippen molar-refractivity contribution in [1.82, 2.24) is 0 Å². The minimum atomic E-state index is -2.40. The summed E-state index contributed by atoms with van der Waals surface area (Å²) < 4.78 is 24.7. The third-order valence-corrected chi connectivity index (χ3v) is 5.18. The zero-order chi connectivity index (χ0) is 18.0. The van der Waals surface area contributed by atoms with E-state index >= 15 is 0 Å². The van der Waals surface area contributed by atoms with E-state index in [9.17, 15) is 8.78 Å². The first-order valence-corrected chi connectivity index (χ1v) is 8.90. The second-order valence-corrected chi connectivity index (χ2v) is 7.47. The van der Waals surface area contributed by atoms with Crippen LogP contribution in [0.1, 0.15) is 19.4 Å². The Morgan fingerprint density at radius 1 is 1.08 bits per heavy atom. The molecule has 5 heteroatoms. The van der Waals surface area contributed by atoms with E-state index in [1.165, 1.54) is 16.9 Å². The smallest absolute Gasteiger partial charge is 0.288 e. The van der Waals surface area contributed by atoms with Gasteiger partial charge in [0.05, 0.1) is 5.69 Å². The van der Waals surface area contributed by atoms with Crippen molar-refractivity contribution in [2.24, 2.45) is 4.99 Å². The van der Waals surface area contributed by atoms with Crippen molar-refractivity contribution >= 4 is 29.4 Å². The third-order valence-electron chi connectivity index (χ3n) is 4.46. The number of likely N-dealkylation sites (N-methyl/N-ethyl adjacent to an activating group) is 1. The van der Waals surface area contributed by atoms with Crippen molar-refractivity contribution in [3.8, 4) is 0 Å². The van der Waals surface area contributed by atoms with Crippen LogP contribution in [0, 0.1) is 0 Å². The summed E-state index contributed by atoms with van der Waals surface area (Å²) in [7, 11) is 2.06. The molecule has 0 radical (unpaired) electrons. The van der Waals surface area contributed by atoms with E-state index in [1.54, 1.807) is 30.5 Å². The standard InChI is InChI=1S/C20H20F2N2S/c1-20(2)16-6-4-5-7-17(16)24(3)18(20)12-13-23-14-8-10-15(11-9-14)25-19(21)22/h4-13,19H,1-3H3. The fraction of sp³-hybridized carbons (Fsp3) is 0.250. The van der Waals surface area contributed by atoms with Crippen molar-refractivity contribution in [3.63, 3.8) is 0 Å². The largest absolute Gasteiger partial charge is 0.347 e. The lowest BCUT2D eigenvalue weighted by Crippen LogP contribution is -2.22. The van der Waals surface area contributed by atoms with Gasteiger partial charge in [0, 0.05) is 35.0 Å². The van der Waals surface area contributed by atoms with Gasteiger partial charge in [0.2, 0.25) is 0 Å². The van der Waals surface area contributed by atoms with Crippen LogP contribution in [-0.4, -0.2) is 19.0 Å². The molecule has 2 nitrogen and oxygen atoms in total. The van der Waals surface area contributed by atoms with Gasteiger partial charge in [-0.1, -0.05) is 43.8 Å². The monoisotopic (exact) mass is 358 g/mol. The highest BCUT2D eigenvalue weighted by molar-refractivity contribution is 7.99. The molecule has 1 heterocycles. The maximum absolute atomic E-state index is 12.3. The van der Waals surface area contributed by atoms with Crippen molar-refractivity contribution in [2.45, 2.75) is 29.9 Å². The third kappa shape index (κ3) is 3.61. The molecule has 0 atom stereocenters. The number of para-hydroxylation sites is 1. The molecule has 130 valence electrons. The number of alkyl halides is 2. The summed E-state index contributed by atoms with van der Waals surface area (Å²) in [5, 5.41) is 0. The predicted octanol–water partition coefficient (Wildman–Crippen LogP) is 6.02. The molecule has 0 spiro atoms. The van der Waals surface area contributed by atoms with Gasteiger partial charge in [0.15, 0.2) is 0 Å². The molecule has 1 aliphatic heterocycles. The lowest BCUT2D eigenvalue weighted by atomic mass is 9.84. The van der Waals surface area contributed by atoms with E-state index in [1.807, 2.05) is 12.1 Å². The van der Waals surface area contributed by atoms with E-state index < -0.39 is 5.76 Å². The number of halogens is 2. The molecule has 2 aromatic rings. The molecule has 1 aliphatic rings. The molecular formula is C20H20F2N2S. The molecule has 0 unspecified atom stereocenters. The number of fused-ring (bicyclic) bond motifs is 1. The molecule has 0 aromatic heterocycles. The summed E-state index contributed by atoms with van der Waals surface area (Å²) in [5.41, 5.74) is 4.33. The molecule has 25 heavy (non-hydrogen) atoms. The van der Waals surface area contributed by atoms with E-state index in [-0.39, 0.29) is 5.41 Å². The van der Waals surface area contributed by atoms with Crippen LogP contribution in [0.2, 0.25) is 0 Å². The van der Waals surface area contributed by atoms with Crippen LogP contribution in [0.5, 0.6) is 0 Å². The number of benzene rings is 2. The molecular weight excluding hydrogens is 338 g/mol. The average Bonchev–Trinajstić information content (AvgIpc) is 2.77. The highest BCUT2D eigenvalue weighted by Crippen LogP contribution is 2.46. The maximum Gasteiger partial charge on any atom is 0.288 e. The number of anilines is 1. The van der Waals surface area contributed by atoms with Crippen LogP contribution in [0.3, 0.4) is 0 Å². The Kier molecular flexibility index (Phi) is 4.95. The summed E-state index contributed by atoms with van der Waals surface area (Å²) in [5.74, 6) is -2.40. The minimum Gasteiger partial charge on any atom is -0.347 e. The van der Waals surface area contributed by atoms with Gasteiger partial charge in [-0.15, -0.1) is 0 Å². The Morgan fingerprint density at radius 2 is 1.76 bits per heavy atom. The fourth-order valence-corrected chi connectivity index (χ4v) is 3.71. The molecule has 0 saturated carbocycles. The highest BCUT2D eigenvalue weighted by atomic mass is 32.2. The van der Waals surface area contributed by atoms with Gasteiger partial charge in [-0.2, -0.15) is 8.78 Å². The molecule has 0 N–H and O–H groups in total. The highest BCUT2D eigenvalue weighted by Gasteiger charge is 2.37. The van der Waals surface area contributed by atoms with Gasteiger partial charge in [0.25, 0.3) is 5.76 Å². The van der Waals surface area contributed by atoms with Crippen LogP contribution in [0.15, 0.2) is 70.2 Å². The topological polar surface area (TPSA) is 15.6 Å². The zero-order valence-corrected chi connectivity index (χ0v) is 15.2. The summed E-state index contributed by atoms with van der Waals surface area (Å²) >= 11 is 0.541. The lowest BCUT2D eigenvalue weighted by Gasteiger charge is -2.23. The summed E-state index contributed by atoms with van der Waals surface area (Å²) in [6, 6.07) is 15.2. The number of hydrogen-bond acceptors (Lipinski definition) is 3. The Hall–Kier alpha value is -2.14.